The molecule has 0 aliphatic carbocycles. The summed E-state index contributed by atoms with van der Waals surface area (Å²) >= 11 is 5.67. The number of nitrogens with two attached hydrogens (primary N) is 2. The molecular weight excluding hydrogens is 426 g/mol. The second kappa shape index (κ2) is 6.83. The number of amides is 1. The van der Waals surface area contributed by atoms with Crippen molar-refractivity contribution in [3.8, 4) is 0 Å². The van der Waals surface area contributed by atoms with Crippen molar-refractivity contribution in [3.63, 3.8) is 0 Å². The Balaban J connectivity index is 0.000000791. The lowest BCUT2D eigenvalue weighted by Gasteiger charge is -1.96. The van der Waals surface area contributed by atoms with E-state index in [1.165, 1.54) is 11.3 Å². The predicted molar refractivity (Wildman–Crippen MR) is 79.4 cm³/mol. The largest absolute Gasteiger partial charge is 0.390 e. The van der Waals surface area contributed by atoms with Crippen LogP contribution >= 0.6 is 48.6 Å². The molecule has 6 heteroatoms. The number of hydrogen-bond acceptors (Lipinski definition) is 3. The fourth-order valence-corrected chi connectivity index (χ4v) is 1.84. The summed E-state index contributed by atoms with van der Waals surface area (Å²) in [5.74, 6) is -0.0546. The van der Waals surface area contributed by atoms with Crippen molar-refractivity contribution in [1.29, 1.82) is 0 Å². The van der Waals surface area contributed by atoms with Crippen molar-refractivity contribution < 1.29 is 4.79 Å². The highest BCUT2D eigenvalue weighted by atomic mass is 128. The van der Waals surface area contributed by atoms with Gasteiger partial charge in [0, 0.05) is 42.1 Å². The molecule has 0 spiro atoms. The van der Waals surface area contributed by atoms with E-state index in [9.17, 15) is 4.79 Å². The van der Waals surface area contributed by atoms with Crippen LogP contribution in [0.3, 0.4) is 0 Å². The van der Waals surface area contributed by atoms with Crippen LogP contribution in [0.5, 0.6) is 0 Å². The first kappa shape index (κ1) is 14.4. The van der Waals surface area contributed by atoms with Gasteiger partial charge in [0.25, 0.3) is 5.91 Å². The normalized spacial score (nSPS) is 9.50. The highest BCUT2D eigenvalue weighted by molar-refractivity contribution is 15.0. The van der Waals surface area contributed by atoms with Crippen molar-refractivity contribution in [3.05, 3.63) is 16.5 Å². The Morgan fingerprint density at radius 3 is 2.21 bits per heavy atom. The number of nitrogen functional groups attached to an aromatic ring is 1. The molecule has 1 aromatic heterocycles. The molecular formula is C8H12I2N2OS. The van der Waals surface area contributed by atoms with Gasteiger partial charge in [-0.05, 0) is 12.0 Å². The minimum atomic E-state index is -0.448. The lowest BCUT2D eigenvalue weighted by Crippen LogP contribution is -2.11. The highest BCUT2D eigenvalue weighted by Gasteiger charge is 2.12. The highest BCUT2D eigenvalue weighted by Crippen LogP contribution is 2.29. The molecule has 4 N–H and O–H groups in total. The van der Waals surface area contributed by atoms with Crippen LogP contribution in [0, 0.1) is 0 Å². The molecule has 80 valence electrons. The number of thiophene rings is 1. The molecule has 1 rings (SSSR count). The molecule has 1 amide bonds. The van der Waals surface area contributed by atoms with Gasteiger partial charge in [0.2, 0.25) is 0 Å². The molecule has 0 atom stereocenters. The summed E-state index contributed by atoms with van der Waals surface area (Å²) < 4.78 is 0. The molecule has 0 radical (unpaired) electrons. The van der Waals surface area contributed by atoms with Crippen LogP contribution in [-0.2, 0) is 0 Å². The van der Waals surface area contributed by atoms with E-state index in [-0.39, 0.29) is 0 Å². The second-order valence-electron chi connectivity index (χ2n) is 2.95. The van der Waals surface area contributed by atoms with Crippen LogP contribution in [0.2, 0.25) is 0 Å². The number of rotatable bonds is 2. The van der Waals surface area contributed by atoms with E-state index in [2.05, 4.69) is 51.1 Å². The van der Waals surface area contributed by atoms with E-state index in [0.717, 1.165) is 4.88 Å². The number of carbonyl (C=O) groups is 1. The van der Waals surface area contributed by atoms with Crippen molar-refractivity contribution in [1.82, 2.24) is 0 Å². The molecule has 0 aromatic carbocycles. The number of hydrogen-bond donors (Lipinski definition) is 2. The van der Waals surface area contributed by atoms with Crippen LogP contribution < -0.4 is 11.5 Å². The number of halogens is 2. The SMILES string of the molecule is CC(C)c1cc(C(N)=O)c(N)s1.II. The lowest BCUT2D eigenvalue weighted by atomic mass is 10.1. The maximum Gasteiger partial charge on any atom is 0.251 e. The second-order valence-corrected chi connectivity index (χ2v) is 4.06. The van der Waals surface area contributed by atoms with E-state index < -0.39 is 5.91 Å². The van der Waals surface area contributed by atoms with Gasteiger partial charge in [-0.2, -0.15) is 0 Å². The Hall–Kier alpha value is 0.430. The summed E-state index contributed by atoms with van der Waals surface area (Å²) in [6.45, 7) is 4.10. The first-order chi connectivity index (χ1) is 6.52. The van der Waals surface area contributed by atoms with Crippen LogP contribution in [-0.4, -0.2) is 5.91 Å². The smallest absolute Gasteiger partial charge is 0.251 e. The molecule has 0 fully saturated rings. The van der Waals surface area contributed by atoms with Gasteiger partial charge in [-0.25, -0.2) is 0 Å². The van der Waals surface area contributed by atoms with Crippen LogP contribution in [0.4, 0.5) is 5.00 Å². The summed E-state index contributed by atoms with van der Waals surface area (Å²) in [6, 6.07) is 1.77. The Morgan fingerprint density at radius 1 is 1.50 bits per heavy atom. The van der Waals surface area contributed by atoms with Gasteiger partial charge >= 0.3 is 0 Å². The Morgan fingerprint density at radius 2 is 2.00 bits per heavy atom. The molecule has 0 unspecified atom stereocenters. The van der Waals surface area contributed by atoms with Gasteiger partial charge in [0.15, 0.2) is 0 Å². The molecule has 0 saturated carbocycles. The van der Waals surface area contributed by atoms with Crippen LogP contribution in [0.15, 0.2) is 6.07 Å². The first-order valence-corrected chi connectivity index (χ1v) is 11.0. The van der Waals surface area contributed by atoms with Gasteiger partial charge in [0.1, 0.15) is 0 Å². The summed E-state index contributed by atoms with van der Waals surface area (Å²) in [6.07, 6.45) is 0. The Bertz CT molecular complexity index is 312. The van der Waals surface area contributed by atoms with Crippen molar-refractivity contribution in [2.24, 2.45) is 5.73 Å². The third-order valence-electron chi connectivity index (χ3n) is 1.61. The summed E-state index contributed by atoms with van der Waals surface area (Å²) in [7, 11) is 0. The number of anilines is 1. The Labute approximate surface area is 111 Å². The van der Waals surface area contributed by atoms with E-state index in [1.807, 2.05) is 0 Å². The standard InChI is InChI=1S/C8H12N2OS.I2/c1-4(2)6-3-5(7(9)11)8(10)12-6;1-2/h3-4H,10H2,1-2H3,(H2,9,11);. The predicted octanol–water partition coefficient (Wildman–Crippen LogP) is 3.32. The topological polar surface area (TPSA) is 69.1 Å². The number of carbonyl (C=O) groups excluding carboxylic acids is 1. The summed E-state index contributed by atoms with van der Waals surface area (Å²) in [5, 5.41) is 0.520. The lowest BCUT2D eigenvalue weighted by molar-refractivity contribution is 0.100. The molecule has 0 bridgehead atoms. The van der Waals surface area contributed by atoms with E-state index in [0.29, 0.717) is 16.5 Å². The van der Waals surface area contributed by atoms with Gasteiger partial charge < -0.3 is 11.5 Å². The van der Waals surface area contributed by atoms with Crippen molar-refractivity contribution >= 4 is 59.5 Å². The summed E-state index contributed by atoms with van der Waals surface area (Å²) in [5.41, 5.74) is 11.2. The zero-order valence-corrected chi connectivity index (χ0v) is 13.0. The van der Waals surface area contributed by atoms with Gasteiger partial charge in [-0.1, -0.05) is 13.8 Å². The molecule has 14 heavy (non-hydrogen) atoms. The molecule has 3 nitrogen and oxygen atoms in total. The van der Waals surface area contributed by atoms with E-state index in [1.54, 1.807) is 6.07 Å². The third-order valence-corrected chi connectivity index (χ3v) is 2.88. The molecule has 1 aromatic rings. The van der Waals surface area contributed by atoms with Crippen molar-refractivity contribution in [2.45, 2.75) is 19.8 Å². The average Bonchev–Trinajstić information content (AvgIpc) is 2.51. The average molecular weight is 438 g/mol. The zero-order chi connectivity index (χ0) is 11.3. The summed E-state index contributed by atoms with van der Waals surface area (Å²) in [4.78, 5) is 11.9. The van der Waals surface area contributed by atoms with E-state index in [4.69, 9.17) is 11.5 Å². The van der Waals surface area contributed by atoms with E-state index >= 15 is 0 Å². The monoisotopic (exact) mass is 438 g/mol. The van der Waals surface area contributed by atoms with Gasteiger partial charge in [-0.15, -0.1) is 11.3 Å². The zero-order valence-electron chi connectivity index (χ0n) is 7.88. The minimum absolute atomic E-state index is 0.394. The quantitative estimate of drug-likeness (QED) is 0.696. The third kappa shape index (κ3) is 3.89. The number of primary amides is 1. The minimum Gasteiger partial charge on any atom is -0.390 e. The molecule has 0 saturated heterocycles. The fourth-order valence-electron chi connectivity index (χ4n) is 0.902. The molecule has 0 aliphatic heterocycles. The molecule has 1 heterocycles. The maximum absolute atomic E-state index is 10.8. The van der Waals surface area contributed by atoms with Crippen molar-refractivity contribution in [2.75, 3.05) is 5.73 Å². The Kier molecular flexibility index (Phi) is 7.04. The van der Waals surface area contributed by atoms with Crippen LogP contribution in [0.1, 0.15) is 35.0 Å². The van der Waals surface area contributed by atoms with Gasteiger partial charge in [-0.3, -0.25) is 4.79 Å². The van der Waals surface area contributed by atoms with Crippen LogP contribution in [0.25, 0.3) is 0 Å². The van der Waals surface area contributed by atoms with Gasteiger partial charge in [0.05, 0.1) is 10.6 Å². The first-order valence-electron chi connectivity index (χ1n) is 3.85. The maximum atomic E-state index is 10.8. The molecule has 0 aliphatic rings. The fraction of sp³-hybridized carbons (Fsp3) is 0.375.